The fraction of sp³-hybridized carbons (Fsp3) is 0.857. The predicted molar refractivity (Wildman–Crippen MR) is 77.7 cm³/mol. The lowest BCUT2D eigenvalue weighted by Crippen LogP contribution is -2.55. The first-order valence-corrected chi connectivity index (χ1v) is 7.33. The molecule has 2 amide bonds. The van der Waals surface area contributed by atoms with Gasteiger partial charge < -0.3 is 15.3 Å². The molecule has 0 aliphatic carbocycles. The van der Waals surface area contributed by atoms with Crippen molar-refractivity contribution >= 4 is 12.0 Å². The van der Waals surface area contributed by atoms with Crippen LogP contribution in [0.1, 0.15) is 34.1 Å². The third kappa shape index (κ3) is 5.00. The number of nitrogens with one attached hydrogen (secondary N) is 1. The van der Waals surface area contributed by atoms with Crippen LogP contribution in [0.4, 0.5) is 4.79 Å². The van der Waals surface area contributed by atoms with Gasteiger partial charge in [-0.25, -0.2) is 9.59 Å². The molecule has 1 fully saturated rings. The first kappa shape index (κ1) is 16.8. The van der Waals surface area contributed by atoms with Gasteiger partial charge in [0.15, 0.2) is 0 Å². The molecule has 0 unspecified atom stereocenters. The molecule has 1 saturated heterocycles. The molecule has 1 aliphatic heterocycles. The quantitative estimate of drug-likeness (QED) is 0.796. The molecule has 1 atom stereocenters. The van der Waals surface area contributed by atoms with Crippen molar-refractivity contribution in [2.75, 3.05) is 26.2 Å². The molecule has 0 aromatic rings. The number of carbonyl (C=O) groups is 2. The molecule has 0 saturated carbocycles. The van der Waals surface area contributed by atoms with Crippen molar-refractivity contribution < 1.29 is 14.7 Å². The van der Waals surface area contributed by atoms with Gasteiger partial charge in [0.2, 0.25) is 0 Å². The number of rotatable bonds is 5. The van der Waals surface area contributed by atoms with Crippen LogP contribution in [0.5, 0.6) is 0 Å². The Labute approximate surface area is 121 Å². The number of urea groups is 1. The molecule has 2 N–H and O–H groups in total. The van der Waals surface area contributed by atoms with Crippen molar-refractivity contribution in [2.24, 2.45) is 5.92 Å². The Morgan fingerprint density at radius 1 is 1.10 bits per heavy atom. The van der Waals surface area contributed by atoms with Crippen molar-refractivity contribution in [3.8, 4) is 0 Å². The van der Waals surface area contributed by atoms with E-state index >= 15 is 0 Å². The Kier molecular flexibility index (Phi) is 6.26. The van der Waals surface area contributed by atoms with Crippen LogP contribution < -0.4 is 5.32 Å². The number of carboxylic acid groups (broad SMARTS) is 1. The van der Waals surface area contributed by atoms with Gasteiger partial charge in [-0.3, -0.25) is 4.90 Å². The summed E-state index contributed by atoms with van der Waals surface area (Å²) in [6.07, 6.45) is 0.451. The van der Waals surface area contributed by atoms with Gasteiger partial charge in [0, 0.05) is 32.2 Å². The molecule has 1 aliphatic rings. The van der Waals surface area contributed by atoms with Crippen LogP contribution in [-0.4, -0.2) is 65.2 Å². The van der Waals surface area contributed by atoms with Crippen LogP contribution in [0, 0.1) is 5.92 Å². The van der Waals surface area contributed by atoms with Crippen LogP contribution in [0.15, 0.2) is 0 Å². The smallest absolute Gasteiger partial charge is 0.326 e. The molecule has 1 rings (SSSR count). The van der Waals surface area contributed by atoms with Gasteiger partial charge in [-0.2, -0.15) is 0 Å². The molecular formula is C14H27N3O3. The van der Waals surface area contributed by atoms with Crippen LogP contribution in [0.2, 0.25) is 0 Å². The largest absolute Gasteiger partial charge is 0.480 e. The first-order chi connectivity index (χ1) is 9.31. The molecule has 0 radical (unpaired) electrons. The summed E-state index contributed by atoms with van der Waals surface area (Å²) >= 11 is 0. The molecule has 20 heavy (non-hydrogen) atoms. The summed E-state index contributed by atoms with van der Waals surface area (Å²) in [4.78, 5) is 27.3. The number of hydrogen-bond acceptors (Lipinski definition) is 3. The van der Waals surface area contributed by atoms with E-state index in [1.54, 1.807) is 4.90 Å². The van der Waals surface area contributed by atoms with Gasteiger partial charge in [0.1, 0.15) is 6.04 Å². The SMILES string of the molecule is CC(C)C[C@@H](NC(=O)N1CCN(C(C)C)CC1)C(=O)O. The van der Waals surface area contributed by atoms with Crippen LogP contribution in [0.3, 0.4) is 0 Å². The lowest BCUT2D eigenvalue weighted by molar-refractivity contribution is -0.139. The van der Waals surface area contributed by atoms with Gasteiger partial charge in [-0.15, -0.1) is 0 Å². The van der Waals surface area contributed by atoms with E-state index in [1.807, 2.05) is 13.8 Å². The highest BCUT2D eigenvalue weighted by Crippen LogP contribution is 2.08. The summed E-state index contributed by atoms with van der Waals surface area (Å²) in [5.41, 5.74) is 0. The van der Waals surface area contributed by atoms with Gasteiger partial charge in [-0.05, 0) is 26.2 Å². The molecule has 0 spiro atoms. The number of carbonyl (C=O) groups excluding carboxylic acids is 1. The Balaban J connectivity index is 2.48. The van der Waals surface area contributed by atoms with Crippen LogP contribution >= 0.6 is 0 Å². The maximum absolute atomic E-state index is 12.1. The van der Waals surface area contributed by atoms with Crippen LogP contribution in [0.25, 0.3) is 0 Å². The van der Waals surface area contributed by atoms with E-state index in [0.717, 1.165) is 13.1 Å². The Morgan fingerprint density at radius 3 is 2.05 bits per heavy atom. The van der Waals surface area contributed by atoms with Crippen molar-refractivity contribution in [3.05, 3.63) is 0 Å². The van der Waals surface area contributed by atoms with E-state index in [4.69, 9.17) is 5.11 Å². The van der Waals surface area contributed by atoms with Crippen LogP contribution in [-0.2, 0) is 4.79 Å². The summed E-state index contributed by atoms with van der Waals surface area (Å²) in [6.45, 7) is 11.2. The summed E-state index contributed by atoms with van der Waals surface area (Å²) in [7, 11) is 0. The standard InChI is InChI=1S/C14H27N3O3/c1-10(2)9-12(13(18)19)15-14(20)17-7-5-16(6-8-17)11(3)4/h10-12H,5-9H2,1-4H3,(H,15,20)(H,18,19)/t12-/m1/s1. The zero-order valence-corrected chi connectivity index (χ0v) is 12.9. The fourth-order valence-electron chi connectivity index (χ4n) is 2.37. The second kappa shape index (κ2) is 7.47. The maximum Gasteiger partial charge on any atom is 0.326 e. The fourth-order valence-corrected chi connectivity index (χ4v) is 2.37. The van der Waals surface area contributed by atoms with Crippen molar-refractivity contribution in [1.82, 2.24) is 15.1 Å². The van der Waals surface area contributed by atoms with E-state index in [0.29, 0.717) is 25.6 Å². The number of aliphatic carboxylic acids is 1. The lowest BCUT2D eigenvalue weighted by Gasteiger charge is -2.37. The molecule has 116 valence electrons. The van der Waals surface area contributed by atoms with Crippen molar-refractivity contribution in [1.29, 1.82) is 0 Å². The predicted octanol–water partition coefficient (Wildman–Crippen LogP) is 1.22. The van der Waals surface area contributed by atoms with E-state index < -0.39 is 12.0 Å². The summed E-state index contributed by atoms with van der Waals surface area (Å²) in [6, 6.07) is -0.583. The summed E-state index contributed by atoms with van der Waals surface area (Å²) < 4.78 is 0. The average molecular weight is 285 g/mol. The number of nitrogens with zero attached hydrogens (tertiary/aromatic N) is 2. The van der Waals surface area contributed by atoms with Gasteiger partial charge >= 0.3 is 12.0 Å². The highest BCUT2D eigenvalue weighted by atomic mass is 16.4. The van der Waals surface area contributed by atoms with E-state index in [-0.39, 0.29) is 11.9 Å². The summed E-state index contributed by atoms with van der Waals surface area (Å²) in [5.74, 6) is -0.734. The number of piperazine rings is 1. The van der Waals surface area contributed by atoms with Gasteiger partial charge in [0.25, 0.3) is 0 Å². The summed E-state index contributed by atoms with van der Waals surface area (Å²) in [5, 5.41) is 11.8. The second-order valence-electron chi connectivity index (χ2n) is 6.09. The third-order valence-corrected chi connectivity index (χ3v) is 3.63. The minimum atomic E-state index is -0.965. The zero-order chi connectivity index (χ0) is 15.3. The number of hydrogen-bond donors (Lipinski definition) is 2. The minimum absolute atomic E-state index is 0.231. The Hall–Kier alpha value is -1.30. The van der Waals surface area contributed by atoms with Gasteiger partial charge in [0.05, 0.1) is 0 Å². The Morgan fingerprint density at radius 2 is 1.65 bits per heavy atom. The van der Waals surface area contributed by atoms with E-state index in [9.17, 15) is 9.59 Å². The molecule has 6 heteroatoms. The highest BCUT2D eigenvalue weighted by Gasteiger charge is 2.26. The number of amides is 2. The molecule has 0 aromatic heterocycles. The van der Waals surface area contributed by atoms with E-state index in [1.165, 1.54) is 0 Å². The topological polar surface area (TPSA) is 72.9 Å². The van der Waals surface area contributed by atoms with Crippen molar-refractivity contribution in [2.45, 2.75) is 46.2 Å². The molecule has 0 aromatic carbocycles. The zero-order valence-electron chi connectivity index (χ0n) is 12.9. The maximum atomic E-state index is 12.1. The molecule has 1 heterocycles. The monoisotopic (exact) mass is 285 g/mol. The second-order valence-corrected chi connectivity index (χ2v) is 6.09. The minimum Gasteiger partial charge on any atom is -0.480 e. The molecular weight excluding hydrogens is 258 g/mol. The molecule has 0 bridgehead atoms. The Bertz CT molecular complexity index is 337. The van der Waals surface area contributed by atoms with Crippen molar-refractivity contribution in [3.63, 3.8) is 0 Å². The molecule has 6 nitrogen and oxygen atoms in total. The van der Waals surface area contributed by atoms with Gasteiger partial charge in [-0.1, -0.05) is 13.8 Å². The highest BCUT2D eigenvalue weighted by molar-refractivity contribution is 5.82. The van der Waals surface area contributed by atoms with E-state index in [2.05, 4.69) is 24.1 Å². The normalized spacial score (nSPS) is 18.4. The first-order valence-electron chi connectivity index (χ1n) is 7.33. The lowest BCUT2D eigenvalue weighted by atomic mass is 10.0. The third-order valence-electron chi connectivity index (χ3n) is 3.63. The number of carboxylic acids is 1. The average Bonchev–Trinajstić information content (AvgIpc) is 2.37.